The molecule has 0 aliphatic rings. The molecule has 29 heavy (non-hydrogen) atoms. The van der Waals surface area contributed by atoms with Crippen LogP contribution in [0, 0.1) is 10.1 Å². The van der Waals surface area contributed by atoms with Crippen molar-refractivity contribution in [3.63, 3.8) is 0 Å². The average Bonchev–Trinajstić information content (AvgIpc) is 2.69. The maximum Gasteiger partial charge on any atom is 0.422 e. The van der Waals surface area contributed by atoms with Crippen molar-refractivity contribution >= 4 is 17.8 Å². The molecule has 0 saturated carbocycles. The monoisotopic (exact) mass is 413 g/mol. The molecule has 0 aliphatic carbocycles. The molecule has 0 atom stereocenters. The van der Waals surface area contributed by atoms with Gasteiger partial charge in [-0.2, -0.15) is 13.2 Å². The maximum absolute atomic E-state index is 12.3. The van der Waals surface area contributed by atoms with Crippen LogP contribution >= 0.6 is 0 Å². The molecule has 0 fully saturated rings. The predicted octanol–water partition coefficient (Wildman–Crippen LogP) is 3.70. The lowest BCUT2D eigenvalue weighted by molar-refractivity contribution is -0.386. The average molecular weight is 413 g/mol. The summed E-state index contributed by atoms with van der Waals surface area (Å²) >= 11 is 0. The maximum atomic E-state index is 12.3. The Morgan fingerprint density at radius 2 is 1.76 bits per heavy atom. The van der Waals surface area contributed by atoms with E-state index in [1.54, 1.807) is 18.2 Å². The van der Waals surface area contributed by atoms with Crippen LogP contribution in [0.3, 0.4) is 0 Å². The van der Waals surface area contributed by atoms with Crippen LogP contribution in [0.15, 0.2) is 30.3 Å². The summed E-state index contributed by atoms with van der Waals surface area (Å²) in [5.41, 5.74) is 1.23. The van der Waals surface area contributed by atoms with Gasteiger partial charge in [0.1, 0.15) is 5.75 Å². The van der Waals surface area contributed by atoms with Gasteiger partial charge in [-0.05, 0) is 34.9 Å². The zero-order valence-electron chi connectivity index (χ0n) is 15.3. The molecule has 2 aromatic carbocycles. The number of nitro groups is 1. The van der Waals surface area contributed by atoms with Crippen molar-refractivity contribution in [1.29, 1.82) is 0 Å². The molecule has 0 aromatic heterocycles. The van der Waals surface area contributed by atoms with E-state index in [-0.39, 0.29) is 13.2 Å². The standard InChI is InChI=1S/C19H18F3NO6/c1-28-18-8-13(6-14(9-24)15(18)10-25)3-2-12-4-5-17(16(7-12)23(26)27)29-11-19(20,21)22/h2-8,24-25H,9-11H2,1H3/b3-2-. The number of methoxy groups -OCH3 is 1. The van der Waals surface area contributed by atoms with Gasteiger partial charge in [-0.25, -0.2) is 0 Å². The highest BCUT2D eigenvalue weighted by Gasteiger charge is 2.30. The van der Waals surface area contributed by atoms with Crippen LogP contribution in [-0.4, -0.2) is 35.0 Å². The molecule has 0 spiro atoms. The molecular formula is C19H18F3NO6. The highest BCUT2D eigenvalue weighted by molar-refractivity contribution is 5.73. The molecule has 0 unspecified atom stereocenters. The number of halogens is 3. The Hall–Kier alpha value is -3.11. The van der Waals surface area contributed by atoms with E-state index in [1.165, 1.54) is 19.3 Å². The predicted molar refractivity (Wildman–Crippen MR) is 98.4 cm³/mol. The Morgan fingerprint density at radius 3 is 2.31 bits per heavy atom. The van der Waals surface area contributed by atoms with Crippen molar-refractivity contribution in [1.82, 2.24) is 0 Å². The molecule has 0 amide bonds. The highest BCUT2D eigenvalue weighted by Crippen LogP contribution is 2.31. The van der Waals surface area contributed by atoms with E-state index in [0.29, 0.717) is 28.0 Å². The third-order valence-electron chi connectivity index (χ3n) is 3.91. The smallest absolute Gasteiger partial charge is 0.422 e. The van der Waals surface area contributed by atoms with Crippen molar-refractivity contribution in [3.05, 3.63) is 62.7 Å². The molecule has 2 rings (SSSR count). The topological polar surface area (TPSA) is 102 Å². The number of alkyl halides is 3. The zero-order chi connectivity index (χ0) is 21.6. The number of ether oxygens (including phenoxy) is 2. The molecule has 0 saturated heterocycles. The number of hydrogen-bond donors (Lipinski definition) is 2. The van der Waals surface area contributed by atoms with Crippen molar-refractivity contribution < 1.29 is 37.8 Å². The first kappa shape index (κ1) is 22.2. The van der Waals surface area contributed by atoms with Crippen LogP contribution in [-0.2, 0) is 13.2 Å². The summed E-state index contributed by atoms with van der Waals surface area (Å²) in [7, 11) is 1.41. The van der Waals surface area contributed by atoms with Crippen LogP contribution in [0.2, 0.25) is 0 Å². The Morgan fingerprint density at radius 1 is 1.07 bits per heavy atom. The van der Waals surface area contributed by atoms with Gasteiger partial charge < -0.3 is 19.7 Å². The number of aliphatic hydroxyl groups is 2. The minimum atomic E-state index is -4.61. The van der Waals surface area contributed by atoms with E-state index < -0.39 is 29.1 Å². The summed E-state index contributed by atoms with van der Waals surface area (Å²) in [5, 5.41) is 30.0. The first-order valence-corrected chi connectivity index (χ1v) is 8.26. The fraction of sp³-hybridized carbons (Fsp3) is 0.263. The van der Waals surface area contributed by atoms with E-state index in [0.717, 1.165) is 12.1 Å². The number of rotatable bonds is 8. The van der Waals surface area contributed by atoms with Gasteiger partial charge in [0.15, 0.2) is 12.4 Å². The van der Waals surface area contributed by atoms with Crippen LogP contribution in [0.1, 0.15) is 22.3 Å². The highest BCUT2D eigenvalue weighted by atomic mass is 19.4. The van der Waals surface area contributed by atoms with Gasteiger partial charge in [0.05, 0.1) is 25.2 Å². The number of hydrogen-bond acceptors (Lipinski definition) is 6. The van der Waals surface area contributed by atoms with E-state index in [4.69, 9.17) is 4.74 Å². The van der Waals surface area contributed by atoms with Gasteiger partial charge >= 0.3 is 11.9 Å². The molecule has 0 aliphatic heterocycles. The van der Waals surface area contributed by atoms with E-state index in [2.05, 4.69) is 4.74 Å². The lowest BCUT2D eigenvalue weighted by Crippen LogP contribution is -2.19. The fourth-order valence-corrected chi connectivity index (χ4v) is 2.58. The van der Waals surface area contributed by atoms with Gasteiger partial charge in [-0.1, -0.05) is 18.2 Å². The van der Waals surface area contributed by atoms with Crippen molar-refractivity contribution in [3.8, 4) is 11.5 Å². The number of benzene rings is 2. The first-order valence-electron chi connectivity index (χ1n) is 8.26. The summed E-state index contributed by atoms with van der Waals surface area (Å²) in [4.78, 5) is 10.3. The van der Waals surface area contributed by atoms with E-state index >= 15 is 0 Å². The quantitative estimate of drug-likeness (QED) is 0.389. The second-order valence-corrected chi connectivity index (χ2v) is 5.90. The Labute approximate surface area is 163 Å². The van der Waals surface area contributed by atoms with Crippen molar-refractivity contribution in [2.45, 2.75) is 19.4 Å². The van der Waals surface area contributed by atoms with Gasteiger partial charge in [-0.3, -0.25) is 10.1 Å². The minimum Gasteiger partial charge on any atom is -0.496 e. The molecule has 0 radical (unpaired) electrons. The first-order chi connectivity index (χ1) is 13.7. The molecular weight excluding hydrogens is 395 g/mol. The van der Waals surface area contributed by atoms with Crippen LogP contribution < -0.4 is 9.47 Å². The summed E-state index contributed by atoms with van der Waals surface area (Å²) in [5.74, 6) is -0.124. The third-order valence-corrected chi connectivity index (χ3v) is 3.91. The Kier molecular flexibility index (Phi) is 7.18. The molecule has 7 nitrogen and oxygen atoms in total. The Balaban J connectivity index is 2.33. The van der Waals surface area contributed by atoms with Crippen molar-refractivity contribution in [2.75, 3.05) is 13.7 Å². The molecule has 10 heteroatoms. The SMILES string of the molecule is COc1cc(/C=C\c2ccc(OCC(F)(F)F)c([N+](=O)[O-])c2)cc(CO)c1CO. The molecule has 2 aromatic rings. The number of nitro benzene ring substituents is 1. The summed E-state index contributed by atoms with van der Waals surface area (Å²) in [6, 6.07) is 6.78. The number of nitrogens with zero attached hydrogens (tertiary/aromatic N) is 1. The van der Waals surface area contributed by atoms with Gasteiger partial charge in [-0.15, -0.1) is 0 Å². The second-order valence-electron chi connectivity index (χ2n) is 5.90. The fourth-order valence-electron chi connectivity index (χ4n) is 2.58. The summed E-state index contributed by atoms with van der Waals surface area (Å²) in [6.45, 7) is -2.29. The van der Waals surface area contributed by atoms with E-state index in [1.807, 2.05) is 0 Å². The lowest BCUT2D eigenvalue weighted by Gasteiger charge is -2.12. The molecule has 0 bridgehead atoms. The molecule has 2 N–H and O–H groups in total. The van der Waals surface area contributed by atoms with Gasteiger partial charge in [0.2, 0.25) is 0 Å². The molecule has 0 heterocycles. The Bertz CT molecular complexity index is 886. The molecule has 156 valence electrons. The largest absolute Gasteiger partial charge is 0.496 e. The second kappa shape index (κ2) is 9.39. The third kappa shape index (κ3) is 5.93. The van der Waals surface area contributed by atoms with Crippen LogP contribution in [0.25, 0.3) is 12.2 Å². The van der Waals surface area contributed by atoms with Gasteiger partial charge in [0.25, 0.3) is 0 Å². The summed E-state index contributed by atoms with van der Waals surface area (Å²) < 4.78 is 46.6. The minimum absolute atomic E-state index is 0.325. The van der Waals surface area contributed by atoms with E-state index in [9.17, 15) is 33.5 Å². The lowest BCUT2D eigenvalue weighted by atomic mass is 10.0. The van der Waals surface area contributed by atoms with Crippen LogP contribution in [0.4, 0.5) is 18.9 Å². The van der Waals surface area contributed by atoms with Gasteiger partial charge in [0, 0.05) is 11.6 Å². The number of aliphatic hydroxyl groups excluding tert-OH is 2. The van der Waals surface area contributed by atoms with Crippen molar-refractivity contribution in [2.24, 2.45) is 0 Å². The summed E-state index contributed by atoms with van der Waals surface area (Å²) in [6.07, 6.45) is -1.52. The zero-order valence-corrected chi connectivity index (χ0v) is 15.3. The normalized spacial score (nSPS) is 11.7. The van der Waals surface area contributed by atoms with Crippen LogP contribution in [0.5, 0.6) is 11.5 Å².